The number of halogens is 4. The molecule has 0 aliphatic carbocycles. The van der Waals surface area contributed by atoms with Crippen LogP contribution in [0.4, 0.5) is 18.9 Å². The molecule has 2 rings (SSSR count). The quantitative estimate of drug-likeness (QED) is 0.818. The monoisotopic (exact) mass is 382 g/mol. The summed E-state index contributed by atoms with van der Waals surface area (Å²) in [6, 6.07) is 4.86. The molecule has 25 heavy (non-hydrogen) atoms. The first-order chi connectivity index (χ1) is 11.2. The van der Waals surface area contributed by atoms with Crippen molar-refractivity contribution in [3.63, 3.8) is 0 Å². The van der Waals surface area contributed by atoms with E-state index in [0.29, 0.717) is 31.6 Å². The van der Waals surface area contributed by atoms with Crippen LogP contribution in [-0.2, 0) is 9.59 Å². The van der Waals surface area contributed by atoms with E-state index in [-0.39, 0.29) is 36.5 Å². The molecule has 10 heteroatoms. The van der Waals surface area contributed by atoms with Crippen molar-refractivity contribution in [3.05, 3.63) is 24.3 Å². The minimum atomic E-state index is -4.76. The molecule has 2 N–H and O–H groups in total. The molecule has 1 fully saturated rings. The second-order valence-electron chi connectivity index (χ2n) is 5.51. The Bertz CT molecular complexity index is 587. The van der Waals surface area contributed by atoms with Crippen molar-refractivity contribution in [1.82, 2.24) is 4.90 Å². The van der Waals surface area contributed by atoms with Crippen molar-refractivity contribution in [2.75, 3.05) is 25.0 Å². The first-order valence-electron chi connectivity index (χ1n) is 7.34. The Morgan fingerprint density at radius 1 is 1.20 bits per heavy atom. The molecule has 0 aromatic heterocycles. The number of piperidine rings is 1. The minimum Gasteiger partial charge on any atom is -0.481 e. The SMILES string of the molecule is Cl.O=C(CN1CCC(C(=O)O)CC1)Nc1ccc(OC(F)(F)F)cc1. The van der Waals surface area contributed by atoms with E-state index < -0.39 is 12.3 Å². The zero-order valence-electron chi connectivity index (χ0n) is 13.1. The second kappa shape index (κ2) is 8.91. The molecule has 0 bridgehead atoms. The lowest BCUT2D eigenvalue weighted by atomic mass is 9.97. The molecular weight excluding hydrogens is 365 g/mol. The molecule has 1 amide bonds. The predicted octanol–water partition coefficient (Wildman–Crippen LogP) is 2.74. The fourth-order valence-electron chi connectivity index (χ4n) is 2.48. The van der Waals surface area contributed by atoms with Crippen molar-refractivity contribution in [2.24, 2.45) is 5.92 Å². The number of carbonyl (C=O) groups excluding carboxylic acids is 1. The van der Waals surface area contributed by atoms with E-state index in [1.807, 2.05) is 4.90 Å². The zero-order chi connectivity index (χ0) is 17.7. The Kier molecular flexibility index (Phi) is 7.50. The van der Waals surface area contributed by atoms with E-state index in [0.717, 1.165) is 12.1 Å². The summed E-state index contributed by atoms with van der Waals surface area (Å²) in [5.74, 6) is -1.87. The third-order valence-electron chi connectivity index (χ3n) is 3.68. The number of likely N-dealkylation sites (tertiary alicyclic amines) is 1. The van der Waals surface area contributed by atoms with Crippen LogP contribution in [0.25, 0.3) is 0 Å². The number of nitrogens with zero attached hydrogens (tertiary/aromatic N) is 1. The summed E-state index contributed by atoms with van der Waals surface area (Å²) in [4.78, 5) is 24.6. The van der Waals surface area contributed by atoms with Gasteiger partial charge < -0.3 is 15.2 Å². The highest BCUT2D eigenvalue weighted by atomic mass is 35.5. The maximum Gasteiger partial charge on any atom is 0.573 e. The Labute approximate surface area is 148 Å². The van der Waals surface area contributed by atoms with E-state index in [9.17, 15) is 22.8 Å². The van der Waals surface area contributed by atoms with Gasteiger partial charge in [-0.05, 0) is 50.2 Å². The van der Waals surface area contributed by atoms with Gasteiger partial charge >= 0.3 is 12.3 Å². The average molecular weight is 383 g/mol. The third kappa shape index (κ3) is 7.18. The molecule has 0 atom stereocenters. The lowest BCUT2D eigenvalue weighted by Crippen LogP contribution is -2.40. The van der Waals surface area contributed by atoms with E-state index in [1.165, 1.54) is 12.1 Å². The van der Waals surface area contributed by atoms with Crippen LogP contribution in [0.5, 0.6) is 5.75 Å². The maximum atomic E-state index is 12.1. The number of rotatable bonds is 5. The summed E-state index contributed by atoms with van der Waals surface area (Å²) in [6.07, 6.45) is -3.77. The summed E-state index contributed by atoms with van der Waals surface area (Å²) >= 11 is 0. The molecular formula is C15H18ClF3N2O4. The normalized spacial score (nSPS) is 16.0. The number of amides is 1. The van der Waals surface area contributed by atoms with Crippen molar-refractivity contribution < 1.29 is 32.6 Å². The highest BCUT2D eigenvalue weighted by molar-refractivity contribution is 5.92. The highest BCUT2D eigenvalue weighted by Gasteiger charge is 2.31. The molecule has 1 heterocycles. The molecule has 1 aromatic carbocycles. The van der Waals surface area contributed by atoms with Gasteiger partial charge in [0.15, 0.2) is 0 Å². The van der Waals surface area contributed by atoms with E-state index >= 15 is 0 Å². The summed E-state index contributed by atoms with van der Waals surface area (Å²) in [7, 11) is 0. The van der Waals surface area contributed by atoms with Crippen LogP contribution in [0.15, 0.2) is 24.3 Å². The topological polar surface area (TPSA) is 78.9 Å². The Morgan fingerprint density at radius 3 is 2.24 bits per heavy atom. The Morgan fingerprint density at radius 2 is 1.76 bits per heavy atom. The van der Waals surface area contributed by atoms with E-state index in [2.05, 4.69) is 10.1 Å². The molecule has 0 spiro atoms. The van der Waals surface area contributed by atoms with Gasteiger partial charge in [0.2, 0.25) is 5.91 Å². The molecule has 0 unspecified atom stereocenters. The number of nitrogens with one attached hydrogen (secondary N) is 1. The third-order valence-corrected chi connectivity index (χ3v) is 3.68. The number of carboxylic acid groups (broad SMARTS) is 1. The number of hydrogen-bond acceptors (Lipinski definition) is 4. The van der Waals surface area contributed by atoms with Crippen molar-refractivity contribution in [1.29, 1.82) is 0 Å². The molecule has 1 aromatic rings. The standard InChI is InChI=1S/C15H17F3N2O4.ClH/c16-15(17,18)24-12-3-1-11(2-4-12)19-13(21)9-20-7-5-10(6-8-20)14(22)23;/h1-4,10H,5-9H2,(H,19,21)(H,22,23);1H. The number of anilines is 1. The predicted molar refractivity (Wildman–Crippen MR) is 85.8 cm³/mol. The maximum absolute atomic E-state index is 12.1. The lowest BCUT2D eigenvalue weighted by molar-refractivity contribution is -0.274. The summed E-state index contributed by atoms with van der Waals surface area (Å²) in [5, 5.41) is 11.5. The van der Waals surface area contributed by atoms with Gasteiger partial charge in [-0.3, -0.25) is 14.5 Å². The minimum absolute atomic E-state index is 0. The molecule has 1 saturated heterocycles. The van der Waals surface area contributed by atoms with Crippen LogP contribution in [0.3, 0.4) is 0 Å². The Hall–Kier alpha value is -2.00. The average Bonchev–Trinajstić information content (AvgIpc) is 2.48. The first-order valence-corrected chi connectivity index (χ1v) is 7.34. The van der Waals surface area contributed by atoms with Crippen LogP contribution < -0.4 is 10.1 Å². The first kappa shape index (κ1) is 21.0. The number of benzene rings is 1. The van der Waals surface area contributed by atoms with Crippen molar-refractivity contribution >= 4 is 30.0 Å². The number of alkyl halides is 3. The van der Waals surface area contributed by atoms with Gasteiger partial charge in [-0.25, -0.2) is 0 Å². The number of carbonyl (C=O) groups is 2. The summed E-state index contributed by atoms with van der Waals surface area (Å²) in [6.45, 7) is 1.14. The fourth-order valence-corrected chi connectivity index (χ4v) is 2.48. The number of carboxylic acids is 1. The van der Waals surface area contributed by atoms with Gasteiger partial charge in [0.1, 0.15) is 5.75 Å². The van der Waals surface area contributed by atoms with Crippen LogP contribution in [0.1, 0.15) is 12.8 Å². The molecule has 0 saturated carbocycles. The molecule has 1 aliphatic rings. The van der Waals surface area contributed by atoms with Crippen molar-refractivity contribution in [3.8, 4) is 5.75 Å². The molecule has 1 aliphatic heterocycles. The van der Waals surface area contributed by atoms with E-state index in [4.69, 9.17) is 5.11 Å². The summed E-state index contributed by atoms with van der Waals surface area (Å²) in [5.41, 5.74) is 0.356. The molecule has 0 radical (unpaired) electrons. The van der Waals surface area contributed by atoms with Gasteiger partial charge in [-0.15, -0.1) is 25.6 Å². The zero-order valence-corrected chi connectivity index (χ0v) is 13.9. The van der Waals surface area contributed by atoms with Gasteiger partial charge in [0, 0.05) is 5.69 Å². The van der Waals surface area contributed by atoms with E-state index in [1.54, 1.807) is 0 Å². The molecule has 140 valence electrons. The van der Waals surface area contributed by atoms with Gasteiger partial charge in [0.25, 0.3) is 0 Å². The van der Waals surface area contributed by atoms with Crippen molar-refractivity contribution in [2.45, 2.75) is 19.2 Å². The van der Waals surface area contributed by atoms with Crippen LogP contribution in [-0.4, -0.2) is 47.9 Å². The van der Waals surface area contributed by atoms with Crippen LogP contribution in [0, 0.1) is 5.92 Å². The Balaban J connectivity index is 0.00000312. The number of ether oxygens (including phenoxy) is 1. The number of hydrogen-bond donors (Lipinski definition) is 2. The smallest absolute Gasteiger partial charge is 0.481 e. The van der Waals surface area contributed by atoms with Gasteiger partial charge in [0.05, 0.1) is 12.5 Å². The lowest BCUT2D eigenvalue weighted by Gasteiger charge is -2.29. The van der Waals surface area contributed by atoms with Crippen LogP contribution in [0.2, 0.25) is 0 Å². The number of aliphatic carboxylic acids is 1. The van der Waals surface area contributed by atoms with Gasteiger partial charge in [-0.2, -0.15) is 0 Å². The van der Waals surface area contributed by atoms with Gasteiger partial charge in [-0.1, -0.05) is 0 Å². The summed E-state index contributed by atoms with van der Waals surface area (Å²) < 4.78 is 39.9. The van der Waals surface area contributed by atoms with Crippen LogP contribution >= 0.6 is 12.4 Å². The second-order valence-corrected chi connectivity index (χ2v) is 5.51. The largest absolute Gasteiger partial charge is 0.573 e. The highest BCUT2D eigenvalue weighted by Crippen LogP contribution is 2.24. The fraction of sp³-hybridized carbons (Fsp3) is 0.467. The molecule has 6 nitrogen and oxygen atoms in total.